The second-order valence-electron chi connectivity index (χ2n) is 6.34. The summed E-state index contributed by atoms with van der Waals surface area (Å²) in [6.45, 7) is 2.83. The topological polar surface area (TPSA) is 49.7 Å². The van der Waals surface area contributed by atoms with Crippen molar-refractivity contribution >= 4 is 12.6 Å². The van der Waals surface area contributed by atoms with Crippen molar-refractivity contribution in [3.8, 4) is 16.9 Å². The molecule has 2 aromatic carbocycles. The third kappa shape index (κ3) is 5.54. The lowest BCUT2D eigenvalue weighted by Crippen LogP contribution is -2.33. The highest BCUT2D eigenvalue weighted by atomic mass is 19.2. The van der Waals surface area contributed by atoms with Gasteiger partial charge in [0.05, 0.1) is 6.61 Å². The van der Waals surface area contributed by atoms with E-state index in [2.05, 4.69) is 6.92 Å². The molecule has 26 heavy (non-hydrogen) atoms. The Morgan fingerprint density at radius 3 is 2.15 bits per heavy atom. The zero-order valence-corrected chi connectivity index (χ0v) is 15.0. The summed E-state index contributed by atoms with van der Waals surface area (Å²) < 4.78 is 33.7. The van der Waals surface area contributed by atoms with E-state index in [4.69, 9.17) is 14.8 Å². The largest absolute Gasteiger partial charge is 0.494 e. The summed E-state index contributed by atoms with van der Waals surface area (Å²) in [6, 6.07) is 9.25. The first-order valence-electron chi connectivity index (χ1n) is 9.11. The van der Waals surface area contributed by atoms with Crippen LogP contribution in [0.5, 0.6) is 5.75 Å². The fraction of sp³-hybridized carbons (Fsp3) is 0.400. The quantitative estimate of drug-likeness (QED) is 0.495. The summed E-state index contributed by atoms with van der Waals surface area (Å²) in [5, 5.41) is 18.0. The molecule has 2 rings (SSSR count). The Hall–Kier alpha value is -1.92. The van der Waals surface area contributed by atoms with Gasteiger partial charge in [-0.2, -0.15) is 0 Å². The Morgan fingerprint density at radius 1 is 0.846 bits per heavy atom. The Morgan fingerprint density at radius 2 is 1.50 bits per heavy atom. The van der Waals surface area contributed by atoms with Gasteiger partial charge >= 0.3 is 7.12 Å². The summed E-state index contributed by atoms with van der Waals surface area (Å²) in [6.07, 6.45) is 7.13. The van der Waals surface area contributed by atoms with Gasteiger partial charge in [-0.3, -0.25) is 0 Å². The second kappa shape index (κ2) is 10.3. The molecule has 0 aromatic heterocycles. The number of unbranched alkanes of at least 4 members (excludes halogenated alkanes) is 5. The van der Waals surface area contributed by atoms with Crippen molar-refractivity contribution in [2.45, 2.75) is 45.4 Å². The third-order valence-corrected chi connectivity index (χ3v) is 4.32. The predicted molar refractivity (Wildman–Crippen MR) is 100 cm³/mol. The minimum atomic E-state index is -2.05. The molecule has 0 saturated carbocycles. The molecular weight excluding hydrogens is 337 g/mol. The Labute approximate surface area is 153 Å². The van der Waals surface area contributed by atoms with E-state index >= 15 is 0 Å². The number of hydrogen-bond donors (Lipinski definition) is 2. The van der Waals surface area contributed by atoms with E-state index in [9.17, 15) is 8.78 Å². The highest BCUT2D eigenvalue weighted by Gasteiger charge is 2.22. The molecular formula is C20H25BF2O3. The molecule has 0 bridgehead atoms. The lowest BCUT2D eigenvalue weighted by atomic mass is 9.79. The van der Waals surface area contributed by atoms with Crippen LogP contribution in [0.4, 0.5) is 8.78 Å². The van der Waals surface area contributed by atoms with E-state index in [1.54, 1.807) is 24.3 Å². The van der Waals surface area contributed by atoms with Crippen molar-refractivity contribution < 1.29 is 23.6 Å². The van der Waals surface area contributed by atoms with Crippen molar-refractivity contribution in [1.29, 1.82) is 0 Å². The first-order valence-corrected chi connectivity index (χ1v) is 9.11. The van der Waals surface area contributed by atoms with E-state index in [1.165, 1.54) is 37.8 Å². The standard InChI is InChI=1S/C20H25BF2O3/c1-2-3-4-5-6-7-14-26-16-10-8-15(9-11-16)17-12-13-18(21(24)25)20(23)19(17)22/h8-13,24-25H,2-7,14H2,1H3. The summed E-state index contributed by atoms with van der Waals surface area (Å²) in [5.41, 5.74) is 0.0757. The summed E-state index contributed by atoms with van der Waals surface area (Å²) >= 11 is 0. The molecule has 0 spiro atoms. The van der Waals surface area contributed by atoms with Crippen LogP contribution in [0.15, 0.2) is 36.4 Å². The second-order valence-corrected chi connectivity index (χ2v) is 6.34. The Kier molecular flexibility index (Phi) is 8.07. The van der Waals surface area contributed by atoms with Crippen molar-refractivity contribution in [3.05, 3.63) is 48.0 Å². The van der Waals surface area contributed by atoms with Gasteiger partial charge in [0, 0.05) is 11.0 Å². The van der Waals surface area contributed by atoms with Crippen molar-refractivity contribution in [2.24, 2.45) is 0 Å². The highest BCUT2D eigenvalue weighted by molar-refractivity contribution is 6.58. The SMILES string of the molecule is CCCCCCCCOc1ccc(-c2ccc(B(O)O)c(F)c2F)cc1. The van der Waals surface area contributed by atoms with Gasteiger partial charge in [0.15, 0.2) is 11.6 Å². The molecule has 2 N–H and O–H groups in total. The van der Waals surface area contributed by atoms with Crippen molar-refractivity contribution in [2.75, 3.05) is 6.61 Å². The van der Waals surface area contributed by atoms with E-state index in [0.717, 1.165) is 12.8 Å². The van der Waals surface area contributed by atoms with Crippen molar-refractivity contribution in [3.63, 3.8) is 0 Å². The van der Waals surface area contributed by atoms with Crippen LogP contribution in [0.25, 0.3) is 11.1 Å². The van der Waals surface area contributed by atoms with Crippen molar-refractivity contribution in [1.82, 2.24) is 0 Å². The smallest absolute Gasteiger partial charge is 0.491 e. The van der Waals surface area contributed by atoms with Gasteiger partial charge in [0.25, 0.3) is 0 Å². The van der Waals surface area contributed by atoms with Crippen LogP contribution in [0, 0.1) is 11.6 Å². The van der Waals surface area contributed by atoms with Crippen LogP contribution < -0.4 is 10.2 Å². The minimum absolute atomic E-state index is 0.0642. The molecule has 2 aromatic rings. The number of ether oxygens (including phenoxy) is 1. The predicted octanol–water partition coefficient (Wildman–Crippen LogP) is 4.05. The number of benzene rings is 2. The first-order chi connectivity index (χ1) is 12.5. The monoisotopic (exact) mass is 362 g/mol. The number of hydrogen-bond acceptors (Lipinski definition) is 3. The maximum Gasteiger partial charge on any atom is 0.491 e. The average Bonchev–Trinajstić information content (AvgIpc) is 2.63. The van der Waals surface area contributed by atoms with Gasteiger partial charge < -0.3 is 14.8 Å². The van der Waals surface area contributed by atoms with Gasteiger partial charge in [0.1, 0.15) is 5.75 Å². The molecule has 0 fully saturated rings. The highest BCUT2D eigenvalue weighted by Crippen LogP contribution is 2.26. The zero-order valence-electron chi connectivity index (χ0n) is 15.0. The zero-order chi connectivity index (χ0) is 18.9. The lowest BCUT2D eigenvalue weighted by molar-refractivity contribution is 0.304. The van der Waals surface area contributed by atoms with E-state index in [1.807, 2.05) is 0 Å². The van der Waals surface area contributed by atoms with E-state index < -0.39 is 24.2 Å². The van der Waals surface area contributed by atoms with Crippen LogP contribution in [0.2, 0.25) is 0 Å². The van der Waals surface area contributed by atoms with Crippen LogP contribution in [-0.2, 0) is 0 Å². The van der Waals surface area contributed by atoms with E-state index in [-0.39, 0.29) is 5.56 Å². The first kappa shape index (κ1) is 20.4. The summed E-state index contributed by atoms with van der Waals surface area (Å²) in [7, 11) is -2.05. The summed E-state index contributed by atoms with van der Waals surface area (Å²) in [5.74, 6) is -1.66. The average molecular weight is 362 g/mol. The minimum Gasteiger partial charge on any atom is -0.494 e. The summed E-state index contributed by atoms with van der Waals surface area (Å²) in [4.78, 5) is 0. The van der Waals surface area contributed by atoms with Crippen LogP contribution >= 0.6 is 0 Å². The third-order valence-electron chi connectivity index (χ3n) is 4.32. The molecule has 0 amide bonds. The van der Waals surface area contributed by atoms with Crippen LogP contribution in [-0.4, -0.2) is 23.8 Å². The van der Waals surface area contributed by atoms with Gasteiger partial charge in [-0.1, -0.05) is 63.3 Å². The molecule has 0 aliphatic rings. The maximum atomic E-state index is 14.2. The van der Waals surface area contributed by atoms with Gasteiger partial charge in [-0.05, 0) is 24.1 Å². The molecule has 0 radical (unpaired) electrons. The molecule has 0 aliphatic heterocycles. The van der Waals surface area contributed by atoms with Gasteiger partial charge in [-0.15, -0.1) is 0 Å². The molecule has 0 unspecified atom stereocenters. The molecule has 140 valence electrons. The number of rotatable bonds is 10. The fourth-order valence-corrected chi connectivity index (χ4v) is 2.79. The normalized spacial score (nSPS) is 10.8. The number of halogens is 2. The molecule has 0 aliphatic carbocycles. The molecule has 0 heterocycles. The maximum absolute atomic E-state index is 14.2. The Bertz CT molecular complexity index is 690. The van der Waals surface area contributed by atoms with Gasteiger partial charge in [-0.25, -0.2) is 8.78 Å². The fourth-order valence-electron chi connectivity index (χ4n) is 2.79. The van der Waals surface area contributed by atoms with Crippen LogP contribution in [0.1, 0.15) is 45.4 Å². The Balaban J connectivity index is 1.92. The van der Waals surface area contributed by atoms with Gasteiger partial charge in [0.2, 0.25) is 0 Å². The molecule has 0 atom stereocenters. The molecule has 0 saturated heterocycles. The lowest BCUT2D eigenvalue weighted by Gasteiger charge is -2.10. The molecule has 6 heteroatoms. The van der Waals surface area contributed by atoms with Crippen LogP contribution in [0.3, 0.4) is 0 Å². The van der Waals surface area contributed by atoms with E-state index in [0.29, 0.717) is 17.9 Å². The molecule has 3 nitrogen and oxygen atoms in total.